The number of hydrogen-bond donors (Lipinski definition) is 1. The number of sulfone groups is 1. The van der Waals surface area contributed by atoms with Crippen LogP contribution in [-0.2, 0) is 25.1 Å². The largest absolute Gasteiger partial charge is 0.464 e. The van der Waals surface area contributed by atoms with E-state index >= 15 is 0 Å². The van der Waals surface area contributed by atoms with Crippen LogP contribution in [0.3, 0.4) is 0 Å². The smallest absolute Gasteiger partial charge is 0.358 e. The molecule has 0 fully saturated rings. The molecule has 3 aromatic rings. The summed E-state index contributed by atoms with van der Waals surface area (Å²) in [7, 11) is -2.77. The number of hydrogen-bond acceptors (Lipinski definition) is 6. The summed E-state index contributed by atoms with van der Waals surface area (Å²) in [6, 6.07) is 12.5. The fourth-order valence-corrected chi connectivity index (χ4v) is 4.33. The van der Waals surface area contributed by atoms with E-state index in [9.17, 15) is 22.4 Å². The molecule has 1 amide bonds. The molecule has 0 saturated heterocycles. The molecule has 3 rings (SSSR count). The average Bonchev–Trinajstić information content (AvgIpc) is 3.11. The van der Waals surface area contributed by atoms with Crippen molar-refractivity contribution in [3.05, 3.63) is 71.8 Å². The van der Waals surface area contributed by atoms with Gasteiger partial charge in [0.25, 0.3) is 0 Å². The molecule has 0 atom stereocenters. The molecule has 2 aromatic carbocycles. The summed E-state index contributed by atoms with van der Waals surface area (Å²) in [4.78, 5) is 23.3. The number of carbonyl (C=O) groups is 2. The molecule has 0 aliphatic rings. The molecule has 8 nitrogen and oxygen atoms in total. The molecule has 0 radical (unpaired) electrons. The Hall–Kier alpha value is -3.53. The van der Waals surface area contributed by atoms with E-state index in [2.05, 4.69) is 15.2 Å². The quantitative estimate of drug-likeness (QED) is 0.602. The van der Waals surface area contributed by atoms with Crippen molar-refractivity contribution in [2.45, 2.75) is 17.6 Å². The molecule has 1 N–H and O–H groups in total. The van der Waals surface area contributed by atoms with Crippen molar-refractivity contribution in [2.24, 2.45) is 0 Å². The molecule has 156 valence electrons. The number of nitrogens with zero attached hydrogens (tertiary/aromatic N) is 2. The molecular weight excluding hydrogens is 413 g/mol. The number of carbonyl (C=O) groups excluding carboxylic acids is 2. The first-order valence-electron chi connectivity index (χ1n) is 8.74. The highest BCUT2D eigenvalue weighted by Gasteiger charge is 2.24. The third-order valence-corrected chi connectivity index (χ3v) is 5.82. The Bertz CT molecular complexity index is 1200. The van der Waals surface area contributed by atoms with Gasteiger partial charge in [-0.05, 0) is 42.5 Å². The van der Waals surface area contributed by atoms with Gasteiger partial charge in [0, 0.05) is 6.92 Å². The van der Waals surface area contributed by atoms with Gasteiger partial charge in [-0.2, -0.15) is 5.10 Å². The molecule has 0 spiro atoms. The monoisotopic (exact) mass is 431 g/mol. The normalized spacial score (nSPS) is 11.2. The van der Waals surface area contributed by atoms with Crippen LogP contribution in [0.4, 0.5) is 10.1 Å². The second-order valence-electron chi connectivity index (χ2n) is 6.34. The van der Waals surface area contributed by atoms with Gasteiger partial charge in [0.15, 0.2) is 15.5 Å². The first-order chi connectivity index (χ1) is 14.2. The average molecular weight is 431 g/mol. The molecule has 30 heavy (non-hydrogen) atoms. The summed E-state index contributed by atoms with van der Waals surface area (Å²) < 4.78 is 45.4. The molecule has 0 aliphatic carbocycles. The van der Waals surface area contributed by atoms with Crippen LogP contribution in [0.1, 0.15) is 23.1 Å². The van der Waals surface area contributed by atoms with Gasteiger partial charge < -0.3 is 10.1 Å². The second kappa shape index (κ2) is 8.46. The maximum atomic E-state index is 13.3. The Morgan fingerprint density at radius 1 is 1.13 bits per heavy atom. The zero-order chi connectivity index (χ0) is 21.9. The Balaban J connectivity index is 2.07. The van der Waals surface area contributed by atoms with Crippen LogP contribution in [0.2, 0.25) is 0 Å². The van der Waals surface area contributed by atoms with E-state index in [4.69, 9.17) is 0 Å². The summed E-state index contributed by atoms with van der Waals surface area (Å²) in [5.74, 6) is -2.15. The van der Waals surface area contributed by atoms with Crippen LogP contribution in [0.5, 0.6) is 0 Å². The van der Waals surface area contributed by atoms with Crippen molar-refractivity contribution in [1.29, 1.82) is 0 Å². The van der Waals surface area contributed by atoms with Crippen molar-refractivity contribution < 1.29 is 27.1 Å². The number of aromatic nitrogens is 2. The number of anilines is 1. The topological polar surface area (TPSA) is 107 Å². The third kappa shape index (κ3) is 4.54. The van der Waals surface area contributed by atoms with Crippen LogP contribution in [0.25, 0.3) is 5.69 Å². The van der Waals surface area contributed by atoms with E-state index in [-0.39, 0.29) is 22.0 Å². The van der Waals surface area contributed by atoms with Gasteiger partial charge in [-0.25, -0.2) is 22.3 Å². The summed E-state index contributed by atoms with van der Waals surface area (Å²) >= 11 is 0. The highest BCUT2D eigenvalue weighted by atomic mass is 32.2. The van der Waals surface area contributed by atoms with Crippen molar-refractivity contribution >= 4 is 27.4 Å². The predicted molar refractivity (Wildman–Crippen MR) is 106 cm³/mol. The molecule has 0 saturated carbocycles. The van der Waals surface area contributed by atoms with Crippen molar-refractivity contribution in [3.63, 3.8) is 0 Å². The fraction of sp³-hybridized carbons (Fsp3) is 0.150. The van der Waals surface area contributed by atoms with E-state index in [0.717, 1.165) is 0 Å². The molecule has 1 heterocycles. The second-order valence-corrected chi connectivity index (χ2v) is 8.30. The first-order valence-corrected chi connectivity index (χ1v) is 10.4. The minimum Gasteiger partial charge on any atom is -0.464 e. The zero-order valence-corrected chi connectivity index (χ0v) is 16.9. The number of methoxy groups -OCH3 is 1. The van der Waals surface area contributed by atoms with Gasteiger partial charge in [-0.3, -0.25) is 4.79 Å². The van der Waals surface area contributed by atoms with Crippen molar-refractivity contribution in [2.75, 3.05) is 12.4 Å². The highest BCUT2D eigenvalue weighted by Crippen LogP contribution is 2.26. The Labute approximate surface area is 172 Å². The standard InChI is InChI=1S/C20H18FN3O5S/c1-13(25)22-17-5-3-4-6-19(17)30(27,28)12-16-11-18(20(26)29-2)23-24(16)15-9-7-14(21)8-10-15/h3-11H,12H2,1-2H3,(H,22,25). The summed E-state index contributed by atoms with van der Waals surface area (Å²) in [6.07, 6.45) is 0. The lowest BCUT2D eigenvalue weighted by Crippen LogP contribution is -2.14. The van der Waals surface area contributed by atoms with Gasteiger partial charge in [0.05, 0.1) is 34.8 Å². The van der Waals surface area contributed by atoms with E-state index in [1.54, 1.807) is 6.07 Å². The SMILES string of the molecule is COC(=O)c1cc(CS(=O)(=O)c2ccccc2NC(C)=O)n(-c2ccc(F)cc2)n1. The van der Waals surface area contributed by atoms with Crippen LogP contribution < -0.4 is 5.32 Å². The minimum absolute atomic E-state index is 0.0772. The predicted octanol–water partition coefficient (Wildman–Crippen LogP) is 2.73. The third-order valence-electron chi connectivity index (χ3n) is 4.12. The number of para-hydroxylation sites is 1. The van der Waals surface area contributed by atoms with Gasteiger partial charge in [0.2, 0.25) is 5.91 Å². The number of ether oxygens (including phenoxy) is 1. The summed E-state index contributed by atoms with van der Waals surface area (Å²) in [5.41, 5.74) is 0.583. The van der Waals surface area contributed by atoms with Gasteiger partial charge in [-0.1, -0.05) is 12.1 Å². The van der Waals surface area contributed by atoms with Crippen LogP contribution in [0.15, 0.2) is 59.5 Å². The molecule has 0 aliphatic heterocycles. The number of rotatable bonds is 6. The lowest BCUT2D eigenvalue weighted by molar-refractivity contribution is -0.114. The minimum atomic E-state index is -3.95. The Morgan fingerprint density at radius 3 is 2.43 bits per heavy atom. The number of nitrogens with one attached hydrogen (secondary N) is 1. The Morgan fingerprint density at radius 2 is 1.80 bits per heavy atom. The molecule has 0 bridgehead atoms. The van der Waals surface area contributed by atoms with E-state index < -0.39 is 33.3 Å². The summed E-state index contributed by atoms with van der Waals surface area (Å²) in [5, 5.41) is 6.61. The highest BCUT2D eigenvalue weighted by molar-refractivity contribution is 7.90. The van der Waals surface area contributed by atoms with Gasteiger partial charge in [-0.15, -0.1) is 0 Å². The van der Waals surface area contributed by atoms with Crippen molar-refractivity contribution in [3.8, 4) is 5.69 Å². The van der Waals surface area contributed by atoms with E-state index in [1.165, 1.54) is 67.2 Å². The molecular formula is C20H18FN3O5S. The molecule has 10 heteroatoms. The van der Waals surface area contributed by atoms with E-state index in [0.29, 0.717) is 5.69 Å². The van der Waals surface area contributed by atoms with Crippen molar-refractivity contribution in [1.82, 2.24) is 9.78 Å². The maximum absolute atomic E-state index is 13.3. The maximum Gasteiger partial charge on any atom is 0.358 e. The number of amides is 1. The molecule has 0 unspecified atom stereocenters. The number of benzene rings is 2. The zero-order valence-electron chi connectivity index (χ0n) is 16.1. The Kier molecular flexibility index (Phi) is 5.97. The van der Waals surface area contributed by atoms with E-state index in [1.807, 2.05) is 0 Å². The first kappa shape index (κ1) is 21.2. The molecule has 1 aromatic heterocycles. The fourth-order valence-electron chi connectivity index (χ4n) is 2.84. The number of halogens is 1. The summed E-state index contributed by atoms with van der Waals surface area (Å²) in [6.45, 7) is 1.27. The van der Waals surface area contributed by atoms with Crippen LogP contribution in [0, 0.1) is 5.82 Å². The lowest BCUT2D eigenvalue weighted by atomic mass is 10.3. The number of esters is 1. The van der Waals surface area contributed by atoms with Crippen LogP contribution in [-0.4, -0.2) is 37.2 Å². The van der Waals surface area contributed by atoms with Crippen LogP contribution >= 0.6 is 0 Å². The lowest BCUT2D eigenvalue weighted by Gasteiger charge is -2.12. The van der Waals surface area contributed by atoms with Gasteiger partial charge >= 0.3 is 5.97 Å². The van der Waals surface area contributed by atoms with Gasteiger partial charge in [0.1, 0.15) is 5.82 Å².